The Balaban J connectivity index is 2.20. The topological polar surface area (TPSA) is 29.5 Å². The van der Waals surface area contributed by atoms with Crippen LogP contribution in [-0.2, 0) is 0 Å². The molecule has 120 valence electrons. The van der Waals surface area contributed by atoms with Gasteiger partial charge in [0.05, 0.1) is 4.70 Å². The van der Waals surface area contributed by atoms with Crippen LogP contribution >= 0.6 is 11.3 Å². The summed E-state index contributed by atoms with van der Waals surface area (Å²) in [4.78, 5) is 0. The molecule has 4 aromatic rings. The lowest BCUT2D eigenvalue weighted by Crippen LogP contribution is -2.00. The van der Waals surface area contributed by atoms with E-state index in [1.165, 1.54) is 31.8 Å². The Hall–Kier alpha value is -2.04. The molecule has 2 nitrogen and oxygen atoms in total. The van der Waals surface area contributed by atoms with Gasteiger partial charge in [0.25, 0.3) is 0 Å². The van der Waals surface area contributed by atoms with Crippen LogP contribution in [-0.4, -0.2) is 12.7 Å². The zero-order chi connectivity index (χ0) is 16.7. The first-order valence-corrected chi connectivity index (χ1v) is 9.16. The Labute approximate surface area is 146 Å². The summed E-state index contributed by atoms with van der Waals surface area (Å²) in [6.45, 7) is 4.48. The van der Waals surface area contributed by atoms with Gasteiger partial charge in [0, 0.05) is 15.5 Å². The van der Waals surface area contributed by atoms with E-state index < -0.39 is 0 Å². The van der Waals surface area contributed by atoms with Crippen molar-refractivity contribution >= 4 is 50.0 Å². The number of thiophene rings is 1. The van der Waals surface area contributed by atoms with E-state index in [4.69, 9.17) is 4.65 Å². The molecule has 1 aromatic heterocycles. The van der Waals surface area contributed by atoms with Crippen LogP contribution in [0.25, 0.3) is 30.9 Å². The average molecular weight is 334 g/mol. The van der Waals surface area contributed by atoms with Gasteiger partial charge in [0.2, 0.25) is 0 Å². The van der Waals surface area contributed by atoms with Crippen molar-refractivity contribution in [2.75, 3.05) is 0 Å². The molecule has 1 unspecified atom stereocenters. The predicted octanol–water partition coefficient (Wildman–Crippen LogP) is 5.36. The third-order valence-electron chi connectivity index (χ3n) is 4.87. The molecule has 1 atom stereocenters. The van der Waals surface area contributed by atoms with E-state index in [-0.39, 0.29) is 7.69 Å². The summed E-state index contributed by atoms with van der Waals surface area (Å²) >= 11 is 1.73. The minimum Gasteiger partial charge on any atom is -0.538 e. The molecule has 0 aliphatic heterocycles. The Kier molecular flexibility index (Phi) is 3.95. The van der Waals surface area contributed by atoms with E-state index >= 15 is 0 Å². The van der Waals surface area contributed by atoms with Gasteiger partial charge < -0.3 is 9.68 Å². The van der Waals surface area contributed by atoms with Crippen molar-refractivity contribution in [3.63, 3.8) is 0 Å². The highest BCUT2D eigenvalue weighted by Gasteiger charge is 2.17. The van der Waals surface area contributed by atoms with E-state index in [1.807, 2.05) is 0 Å². The fourth-order valence-corrected chi connectivity index (χ4v) is 4.66. The van der Waals surface area contributed by atoms with Gasteiger partial charge in [0.1, 0.15) is 5.75 Å². The SMILES string of the molecule is CCC(C)c1cccc2c1cc(OBO)c1sc3ccccc3c12. The molecule has 4 heteroatoms. The summed E-state index contributed by atoms with van der Waals surface area (Å²) in [6, 6.07) is 17.1. The van der Waals surface area contributed by atoms with Crippen molar-refractivity contribution in [3.05, 3.63) is 54.1 Å². The third kappa shape index (κ3) is 2.29. The molecule has 0 saturated carbocycles. The van der Waals surface area contributed by atoms with Gasteiger partial charge >= 0.3 is 7.69 Å². The Morgan fingerprint density at radius 1 is 1.08 bits per heavy atom. The Morgan fingerprint density at radius 3 is 2.67 bits per heavy atom. The third-order valence-corrected chi connectivity index (χ3v) is 6.05. The molecule has 3 aromatic carbocycles. The molecule has 0 saturated heterocycles. The van der Waals surface area contributed by atoms with Gasteiger partial charge in [-0.15, -0.1) is 11.3 Å². The minimum atomic E-state index is -0.305. The maximum absolute atomic E-state index is 9.33. The van der Waals surface area contributed by atoms with Crippen molar-refractivity contribution in [1.82, 2.24) is 0 Å². The molecular weight excluding hydrogens is 315 g/mol. The summed E-state index contributed by atoms with van der Waals surface area (Å²) in [5.41, 5.74) is 1.34. The summed E-state index contributed by atoms with van der Waals surface area (Å²) in [7, 11) is -0.305. The fourth-order valence-electron chi connectivity index (χ4n) is 3.47. The smallest absolute Gasteiger partial charge is 0.504 e. The summed E-state index contributed by atoms with van der Waals surface area (Å²) < 4.78 is 7.95. The Morgan fingerprint density at radius 2 is 1.88 bits per heavy atom. The standard InChI is InChI=1S/C20H19BO2S/c1-3-12(2)13-8-6-9-14-16(13)11-17(23-21-22)20-19(14)15-7-4-5-10-18(15)24-20/h4-12,21-22H,3H2,1-2H3. The lowest BCUT2D eigenvalue weighted by atomic mass is 9.91. The van der Waals surface area contributed by atoms with Crippen LogP contribution in [0.1, 0.15) is 31.7 Å². The van der Waals surface area contributed by atoms with Gasteiger partial charge in [-0.3, -0.25) is 0 Å². The van der Waals surface area contributed by atoms with E-state index in [0.717, 1.165) is 16.9 Å². The first-order valence-electron chi connectivity index (χ1n) is 8.35. The number of rotatable bonds is 4. The van der Waals surface area contributed by atoms with Crippen LogP contribution in [0.15, 0.2) is 48.5 Å². The normalized spacial score (nSPS) is 12.8. The number of hydrogen-bond donors (Lipinski definition) is 1. The Bertz CT molecular complexity index is 1040. The van der Waals surface area contributed by atoms with Crippen LogP contribution in [0, 0.1) is 0 Å². The van der Waals surface area contributed by atoms with Crippen molar-refractivity contribution in [2.24, 2.45) is 0 Å². The second-order valence-electron chi connectivity index (χ2n) is 6.20. The first kappa shape index (κ1) is 15.5. The molecule has 1 heterocycles. The maximum atomic E-state index is 9.33. The van der Waals surface area contributed by atoms with Crippen LogP contribution in [0.5, 0.6) is 5.75 Å². The molecule has 0 radical (unpaired) electrons. The van der Waals surface area contributed by atoms with Crippen LogP contribution in [0.3, 0.4) is 0 Å². The highest BCUT2D eigenvalue weighted by Crippen LogP contribution is 2.45. The fraction of sp³-hybridized carbons (Fsp3) is 0.200. The highest BCUT2D eigenvalue weighted by molar-refractivity contribution is 7.26. The summed E-state index contributed by atoms with van der Waals surface area (Å²) in [6.07, 6.45) is 1.09. The van der Waals surface area contributed by atoms with Crippen molar-refractivity contribution in [2.45, 2.75) is 26.2 Å². The van der Waals surface area contributed by atoms with Gasteiger partial charge in [-0.05, 0) is 40.8 Å². The molecule has 24 heavy (non-hydrogen) atoms. The van der Waals surface area contributed by atoms with Crippen molar-refractivity contribution in [3.8, 4) is 5.75 Å². The zero-order valence-electron chi connectivity index (χ0n) is 13.9. The second-order valence-corrected chi connectivity index (χ2v) is 7.25. The zero-order valence-corrected chi connectivity index (χ0v) is 14.7. The monoisotopic (exact) mass is 334 g/mol. The van der Waals surface area contributed by atoms with E-state index in [1.54, 1.807) is 11.3 Å². The van der Waals surface area contributed by atoms with Crippen LogP contribution in [0.4, 0.5) is 0 Å². The van der Waals surface area contributed by atoms with Gasteiger partial charge in [-0.25, -0.2) is 0 Å². The molecule has 0 aliphatic rings. The van der Waals surface area contributed by atoms with Gasteiger partial charge in [-0.1, -0.05) is 50.2 Å². The molecule has 0 aliphatic carbocycles. The van der Waals surface area contributed by atoms with E-state index in [2.05, 4.69) is 62.4 Å². The molecule has 0 amide bonds. The lowest BCUT2D eigenvalue weighted by Gasteiger charge is -2.15. The minimum absolute atomic E-state index is 0.305. The van der Waals surface area contributed by atoms with Crippen molar-refractivity contribution < 1.29 is 9.68 Å². The lowest BCUT2D eigenvalue weighted by molar-refractivity contribution is 0.457. The van der Waals surface area contributed by atoms with Gasteiger partial charge in [0.15, 0.2) is 0 Å². The van der Waals surface area contributed by atoms with E-state index in [9.17, 15) is 5.02 Å². The second kappa shape index (κ2) is 6.12. The largest absolute Gasteiger partial charge is 0.538 e. The highest BCUT2D eigenvalue weighted by atomic mass is 32.1. The predicted molar refractivity (Wildman–Crippen MR) is 106 cm³/mol. The quantitative estimate of drug-likeness (QED) is 0.509. The molecule has 1 N–H and O–H groups in total. The summed E-state index contributed by atoms with van der Waals surface area (Å²) in [5.74, 6) is 1.26. The molecule has 0 bridgehead atoms. The maximum Gasteiger partial charge on any atom is 0.504 e. The molecule has 4 rings (SSSR count). The van der Waals surface area contributed by atoms with Crippen LogP contribution < -0.4 is 4.65 Å². The molecule has 0 spiro atoms. The first-order chi connectivity index (χ1) is 11.7. The van der Waals surface area contributed by atoms with E-state index in [0.29, 0.717) is 5.92 Å². The number of hydrogen-bond acceptors (Lipinski definition) is 3. The molecular formula is C20H19BO2S. The van der Waals surface area contributed by atoms with Crippen molar-refractivity contribution in [1.29, 1.82) is 0 Å². The molecule has 0 fully saturated rings. The summed E-state index contributed by atoms with van der Waals surface area (Å²) in [5, 5.41) is 14.3. The average Bonchev–Trinajstić information content (AvgIpc) is 3.01. The number of fused-ring (bicyclic) bond motifs is 5. The van der Waals surface area contributed by atoms with Gasteiger partial charge in [-0.2, -0.15) is 0 Å². The van der Waals surface area contributed by atoms with Crippen LogP contribution in [0.2, 0.25) is 0 Å². The number of benzene rings is 3.